The first-order valence-corrected chi connectivity index (χ1v) is 10.2. The highest BCUT2D eigenvalue weighted by molar-refractivity contribution is 7.89. The van der Waals surface area contributed by atoms with E-state index in [9.17, 15) is 8.42 Å². The zero-order valence-electron chi connectivity index (χ0n) is 14.8. The number of piperazine rings is 1. The molecule has 0 radical (unpaired) electrons. The Kier molecular flexibility index (Phi) is 5.56. The highest BCUT2D eigenvalue weighted by Gasteiger charge is 2.27. The number of ether oxygens (including phenoxy) is 1. The van der Waals surface area contributed by atoms with Gasteiger partial charge in [-0.1, -0.05) is 18.2 Å². The van der Waals surface area contributed by atoms with Gasteiger partial charge in [0.2, 0.25) is 10.0 Å². The molecule has 1 aromatic heterocycles. The van der Waals surface area contributed by atoms with E-state index in [0.29, 0.717) is 39.2 Å². The first-order chi connectivity index (χ1) is 12.0. The van der Waals surface area contributed by atoms with Crippen LogP contribution in [0.15, 0.2) is 30.3 Å². The monoisotopic (exact) mass is 363 g/mol. The van der Waals surface area contributed by atoms with E-state index < -0.39 is 10.0 Å². The molecule has 3 rings (SSSR count). The summed E-state index contributed by atoms with van der Waals surface area (Å²) in [6.07, 6.45) is 0.535. The molecule has 1 aliphatic rings. The molecule has 2 heterocycles. The fraction of sp³-hybridized carbons (Fsp3) is 0.500. The molecule has 7 heteroatoms. The highest BCUT2D eigenvalue weighted by Crippen LogP contribution is 2.27. The summed E-state index contributed by atoms with van der Waals surface area (Å²) in [6.45, 7) is 4.89. The smallest absolute Gasteiger partial charge is 0.214 e. The topological polar surface area (TPSA) is 62.7 Å². The van der Waals surface area contributed by atoms with Crippen molar-refractivity contribution in [3.8, 4) is 0 Å². The van der Waals surface area contributed by atoms with Gasteiger partial charge >= 0.3 is 0 Å². The third-order valence-corrected chi connectivity index (χ3v) is 6.50. The molecule has 25 heavy (non-hydrogen) atoms. The number of anilines is 1. The molecule has 0 atom stereocenters. The summed E-state index contributed by atoms with van der Waals surface area (Å²) >= 11 is 0. The number of hydrogen-bond acceptors (Lipinski definition) is 5. The van der Waals surface area contributed by atoms with E-state index in [0.717, 1.165) is 22.3 Å². The molecule has 0 N–H and O–H groups in total. The lowest BCUT2D eigenvalue weighted by molar-refractivity contribution is 0.199. The SMILES string of the molecule is COCCCS(=O)(=O)N1CCN(c2cc(C)nc3ccccc23)CC1. The second-order valence-corrected chi connectivity index (χ2v) is 8.44. The van der Waals surface area contributed by atoms with Crippen molar-refractivity contribution >= 4 is 26.6 Å². The molecule has 0 bridgehead atoms. The molecule has 1 aromatic carbocycles. The Morgan fingerprint density at radius 1 is 1.16 bits per heavy atom. The quantitative estimate of drug-likeness (QED) is 0.735. The van der Waals surface area contributed by atoms with E-state index in [1.165, 1.54) is 0 Å². The molecule has 1 saturated heterocycles. The highest BCUT2D eigenvalue weighted by atomic mass is 32.2. The first-order valence-electron chi connectivity index (χ1n) is 8.59. The van der Waals surface area contributed by atoms with E-state index in [1.54, 1.807) is 11.4 Å². The largest absolute Gasteiger partial charge is 0.385 e. The number of sulfonamides is 1. The van der Waals surface area contributed by atoms with Gasteiger partial charge in [0.1, 0.15) is 0 Å². The fourth-order valence-corrected chi connectivity index (χ4v) is 4.73. The number of rotatable bonds is 6. The number of nitrogens with zero attached hydrogens (tertiary/aromatic N) is 3. The zero-order chi connectivity index (χ0) is 17.9. The number of benzene rings is 1. The molecule has 0 saturated carbocycles. The Labute approximate surface area is 149 Å². The minimum absolute atomic E-state index is 0.151. The number of aromatic nitrogens is 1. The molecule has 1 fully saturated rings. The summed E-state index contributed by atoms with van der Waals surface area (Å²) in [5.41, 5.74) is 3.09. The van der Waals surface area contributed by atoms with Crippen molar-refractivity contribution in [2.45, 2.75) is 13.3 Å². The lowest BCUT2D eigenvalue weighted by Gasteiger charge is -2.36. The Hall–Kier alpha value is -1.70. The van der Waals surface area contributed by atoms with Crippen molar-refractivity contribution in [1.82, 2.24) is 9.29 Å². The molecule has 6 nitrogen and oxygen atoms in total. The molecular weight excluding hydrogens is 338 g/mol. The Bertz CT molecular complexity index is 831. The second kappa shape index (κ2) is 7.68. The number of para-hydroxylation sites is 1. The van der Waals surface area contributed by atoms with Gasteiger partial charge < -0.3 is 9.64 Å². The van der Waals surface area contributed by atoms with Gasteiger partial charge in [0, 0.05) is 56.7 Å². The summed E-state index contributed by atoms with van der Waals surface area (Å²) in [5.74, 6) is 0.151. The Balaban J connectivity index is 1.73. The van der Waals surface area contributed by atoms with Crippen molar-refractivity contribution in [1.29, 1.82) is 0 Å². The van der Waals surface area contributed by atoms with Crippen molar-refractivity contribution in [2.75, 3.05) is 50.5 Å². The summed E-state index contributed by atoms with van der Waals surface area (Å²) in [4.78, 5) is 6.84. The van der Waals surface area contributed by atoms with Crippen molar-refractivity contribution in [2.24, 2.45) is 0 Å². The second-order valence-electron chi connectivity index (χ2n) is 6.35. The number of pyridine rings is 1. The van der Waals surface area contributed by atoms with E-state index in [1.807, 2.05) is 25.1 Å². The van der Waals surface area contributed by atoms with Crippen LogP contribution in [-0.2, 0) is 14.8 Å². The predicted octanol–water partition coefficient (Wildman–Crippen LogP) is 2.03. The summed E-state index contributed by atoms with van der Waals surface area (Å²) < 4.78 is 31.4. The minimum atomic E-state index is -3.20. The van der Waals surface area contributed by atoms with Gasteiger partial charge in [0.15, 0.2) is 0 Å². The van der Waals surface area contributed by atoms with Gasteiger partial charge in [-0.15, -0.1) is 0 Å². The van der Waals surface area contributed by atoms with E-state index >= 15 is 0 Å². The maximum absolute atomic E-state index is 12.4. The van der Waals surface area contributed by atoms with Crippen LogP contribution in [0.4, 0.5) is 5.69 Å². The van der Waals surface area contributed by atoms with Gasteiger partial charge in [-0.2, -0.15) is 4.31 Å². The van der Waals surface area contributed by atoms with E-state index in [4.69, 9.17) is 4.74 Å². The molecule has 0 aliphatic carbocycles. The Morgan fingerprint density at radius 3 is 2.60 bits per heavy atom. The third-order valence-electron chi connectivity index (χ3n) is 4.55. The molecule has 0 amide bonds. The molecule has 2 aromatic rings. The number of hydrogen-bond donors (Lipinski definition) is 0. The van der Waals surface area contributed by atoms with Crippen LogP contribution in [0.3, 0.4) is 0 Å². The zero-order valence-corrected chi connectivity index (χ0v) is 15.6. The van der Waals surface area contributed by atoms with Crippen LogP contribution in [0.1, 0.15) is 12.1 Å². The van der Waals surface area contributed by atoms with E-state index in [2.05, 4.69) is 22.0 Å². The summed E-state index contributed by atoms with van der Waals surface area (Å²) in [6, 6.07) is 10.2. The fourth-order valence-electron chi connectivity index (χ4n) is 3.27. The molecule has 1 aliphatic heterocycles. The average molecular weight is 363 g/mol. The van der Waals surface area contributed by atoms with E-state index in [-0.39, 0.29) is 5.75 Å². The van der Waals surface area contributed by atoms with Gasteiger partial charge in [-0.25, -0.2) is 8.42 Å². The van der Waals surface area contributed by atoms with Crippen LogP contribution in [0.2, 0.25) is 0 Å². The van der Waals surface area contributed by atoms with Crippen LogP contribution < -0.4 is 4.90 Å². The number of aryl methyl sites for hydroxylation is 1. The number of fused-ring (bicyclic) bond motifs is 1. The van der Waals surface area contributed by atoms with Crippen molar-refractivity contribution in [3.05, 3.63) is 36.0 Å². The maximum Gasteiger partial charge on any atom is 0.214 e. The van der Waals surface area contributed by atoms with Gasteiger partial charge in [0.25, 0.3) is 0 Å². The van der Waals surface area contributed by atoms with Crippen molar-refractivity contribution < 1.29 is 13.2 Å². The van der Waals surface area contributed by atoms with Gasteiger partial charge in [-0.3, -0.25) is 4.98 Å². The summed E-state index contributed by atoms with van der Waals surface area (Å²) in [7, 11) is -1.61. The van der Waals surface area contributed by atoms with Gasteiger partial charge in [0.05, 0.1) is 11.3 Å². The van der Waals surface area contributed by atoms with Crippen LogP contribution in [0.25, 0.3) is 10.9 Å². The van der Waals surface area contributed by atoms with Crippen LogP contribution in [0, 0.1) is 6.92 Å². The standard InChI is InChI=1S/C18H25N3O3S/c1-15-14-18(16-6-3-4-7-17(16)19-15)20-8-10-21(11-9-20)25(22,23)13-5-12-24-2/h3-4,6-7,14H,5,8-13H2,1-2H3. The molecular formula is C18H25N3O3S. The van der Waals surface area contributed by atoms with Crippen LogP contribution >= 0.6 is 0 Å². The van der Waals surface area contributed by atoms with Crippen LogP contribution in [-0.4, -0.2) is 63.4 Å². The van der Waals surface area contributed by atoms with Gasteiger partial charge in [-0.05, 0) is 25.5 Å². The normalized spacial score (nSPS) is 16.5. The summed E-state index contributed by atoms with van der Waals surface area (Å²) in [5, 5.41) is 1.12. The molecule has 0 spiro atoms. The average Bonchev–Trinajstić information content (AvgIpc) is 2.61. The Morgan fingerprint density at radius 2 is 1.88 bits per heavy atom. The number of methoxy groups -OCH3 is 1. The molecule has 0 unspecified atom stereocenters. The maximum atomic E-state index is 12.4. The van der Waals surface area contributed by atoms with Crippen molar-refractivity contribution in [3.63, 3.8) is 0 Å². The predicted molar refractivity (Wildman–Crippen MR) is 101 cm³/mol. The lowest BCUT2D eigenvalue weighted by atomic mass is 10.1. The van der Waals surface area contributed by atoms with Crippen LogP contribution in [0.5, 0.6) is 0 Å². The molecule has 136 valence electrons. The first kappa shape index (κ1) is 18.1. The lowest BCUT2D eigenvalue weighted by Crippen LogP contribution is -2.49. The third kappa shape index (κ3) is 4.11. The minimum Gasteiger partial charge on any atom is -0.385 e.